The SMILES string of the molecule is CCCCCCCCCCCC(=O)N1CCCCC1C. The number of carbonyl (C=O) groups is 1. The van der Waals surface area contributed by atoms with Crippen LogP contribution in [0.25, 0.3) is 0 Å². The van der Waals surface area contributed by atoms with Crippen LogP contribution in [0.15, 0.2) is 0 Å². The fourth-order valence-corrected chi connectivity index (χ4v) is 3.20. The van der Waals surface area contributed by atoms with Crippen molar-refractivity contribution in [3.05, 3.63) is 0 Å². The second-order valence-corrected chi connectivity index (χ2v) is 6.51. The highest BCUT2D eigenvalue weighted by molar-refractivity contribution is 5.76. The molecule has 1 saturated heterocycles. The zero-order valence-corrected chi connectivity index (χ0v) is 13.8. The number of unbranched alkanes of at least 4 members (excludes halogenated alkanes) is 8. The van der Waals surface area contributed by atoms with Gasteiger partial charge in [0.15, 0.2) is 0 Å². The number of carbonyl (C=O) groups excluding carboxylic acids is 1. The van der Waals surface area contributed by atoms with Gasteiger partial charge in [-0.15, -0.1) is 0 Å². The van der Waals surface area contributed by atoms with Gasteiger partial charge < -0.3 is 4.90 Å². The standard InChI is InChI=1S/C18H35NO/c1-3-4-5-6-7-8-9-10-11-15-18(20)19-16-13-12-14-17(19)2/h17H,3-16H2,1-2H3. The van der Waals surface area contributed by atoms with Gasteiger partial charge in [0.2, 0.25) is 5.91 Å². The van der Waals surface area contributed by atoms with Crippen molar-refractivity contribution in [2.45, 2.75) is 103 Å². The molecule has 0 aromatic rings. The van der Waals surface area contributed by atoms with Gasteiger partial charge in [-0.3, -0.25) is 4.79 Å². The number of hydrogen-bond donors (Lipinski definition) is 0. The first-order valence-corrected chi connectivity index (χ1v) is 9.05. The molecule has 1 heterocycles. The van der Waals surface area contributed by atoms with Crippen molar-refractivity contribution in [3.63, 3.8) is 0 Å². The predicted octanol–water partition coefficient (Wildman–Crippen LogP) is 5.31. The van der Waals surface area contributed by atoms with Crippen molar-refractivity contribution < 1.29 is 4.79 Å². The molecule has 0 aromatic carbocycles. The van der Waals surface area contributed by atoms with E-state index in [9.17, 15) is 4.79 Å². The van der Waals surface area contributed by atoms with Crippen LogP contribution in [0.3, 0.4) is 0 Å². The first-order chi connectivity index (χ1) is 9.75. The molecule has 2 heteroatoms. The van der Waals surface area contributed by atoms with Gasteiger partial charge >= 0.3 is 0 Å². The number of piperidine rings is 1. The molecule has 0 saturated carbocycles. The summed E-state index contributed by atoms with van der Waals surface area (Å²) in [5.41, 5.74) is 0. The molecule has 0 aliphatic carbocycles. The van der Waals surface area contributed by atoms with Crippen LogP contribution in [-0.2, 0) is 4.79 Å². The molecule has 2 nitrogen and oxygen atoms in total. The van der Waals surface area contributed by atoms with E-state index in [0.717, 1.165) is 19.4 Å². The highest BCUT2D eigenvalue weighted by atomic mass is 16.2. The summed E-state index contributed by atoms with van der Waals surface area (Å²) >= 11 is 0. The summed E-state index contributed by atoms with van der Waals surface area (Å²) in [5.74, 6) is 0.403. The van der Waals surface area contributed by atoms with Crippen LogP contribution in [0.2, 0.25) is 0 Å². The molecule has 1 fully saturated rings. The van der Waals surface area contributed by atoms with Gasteiger partial charge in [-0.1, -0.05) is 58.3 Å². The maximum atomic E-state index is 12.1. The van der Waals surface area contributed by atoms with E-state index in [-0.39, 0.29) is 0 Å². The molecule has 0 spiro atoms. The summed E-state index contributed by atoms with van der Waals surface area (Å²) in [6.07, 6.45) is 16.4. The van der Waals surface area contributed by atoms with E-state index in [1.54, 1.807) is 0 Å². The molecule has 1 atom stereocenters. The third-order valence-corrected chi connectivity index (χ3v) is 4.62. The van der Waals surface area contributed by atoms with Crippen molar-refractivity contribution in [3.8, 4) is 0 Å². The van der Waals surface area contributed by atoms with E-state index in [0.29, 0.717) is 11.9 Å². The highest BCUT2D eigenvalue weighted by Gasteiger charge is 2.22. The summed E-state index contributed by atoms with van der Waals surface area (Å²) in [6.45, 7) is 5.46. The molecule has 0 radical (unpaired) electrons. The molecule has 1 rings (SSSR count). The molecule has 1 amide bonds. The fourth-order valence-electron chi connectivity index (χ4n) is 3.20. The molecule has 0 bridgehead atoms. The molecule has 1 aliphatic heterocycles. The third kappa shape index (κ3) is 7.31. The minimum absolute atomic E-state index is 0.403. The predicted molar refractivity (Wildman–Crippen MR) is 86.9 cm³/mol. The second-order valence-electron chi connectivity index (χ2n) is 6.51. The lowest BCUT2D eigenvalue weighted by atomic mass is 10.0. The van der Waals surface area contributed by atoms with Gasteiger partial charge in [-0.25, -0.2) is 0 Å². The summed E-state index contributed by atoms with van der Waals surface area (Å²) in [4.78, 5) is 14.3. The van der Waals surface area contributed by atoms with Crippen molar-refractivity contribution >= 4 is 5.91 Å². The van der Waals surface area contributed by atoms with Gasteiger partial charge in [0.25, 0.3) is 0 Å². The number of rotatable bonds is 10. The Morgan fingerprint density at radius 1 is 0.950 bits per heavy atom. The molecule has 118 valence electrons. The average Bonchev–Trinajstić information content (AvgIpc) is 2.46. The molecule has 0 N–H and O–H groups in total. The zero-order chi connectivity index (χ0) is 14.6. The molecule has 1 aliphatic rings. The Balaban J connectivity index is 1.94. The summed E-state index contributed by atoms with van der Waals surface area (Å²) in [5, 5.41) is 0. The maximum Gasteiger partial charge on any atom is 0.222 e. The number of likely N-dealkylation sites (tertiary alicyclic amines) is 1. The lowest BCUT2D eigenvalue weighted by Crippen LogP contribution is -2.41. The Bertz CT molecular complexity index is 252. The monoisotopic (exact) mass is 281 g/mol. The van der Waals surface area contributed by atoms with Crippen LogP contribution in [0.4, 0.5) is 0 Å². The van der Waals surface area contributed by atoms with Crippen LogP contribution < -0.4 is 0 Å². The van der Waals surface area contributed by atoms with Gasteiger partial charge in [0.1, 0.15) is 0 Å². The second kappa shape index (κ2) is 11.2. The van der Waals surface area contributed by atoms with E-state index < -0.39 is 0 Å². The number of amides is 1. The summed E-state index contributed by atoms with van der Waals surface area (Å²) in [7, 11) is 0. The highest BCUT2D eigenvalue weighted by Crippen LogP contribution is 2.18. The van der Waals surface area contributed by atoms with Gasteiger partial charge in [-0.05, 0) is 32.6 Å². The normalized spacial score (nSPS) is 19.3. The Morgan fingerprint density at radius 3 is 2.15 bits per heavy atom. The summed E-state index contributed by atoms with van der Waals surface area (Å²) < 4.78 is 0. The van der Waals surface area contributed by atoms with Crippen LogP contribution >= 0.6 is 0 Å². The quantitative estimate of drug-likeness (QED) is 0.497. The van der Waals surface area contributed by atoms with Crippen molar-refractivity contribution in [2.24, 2.45) is 0 Å². The Labute approximate surface area is 126 Å². The van der Waals surface area contributed by atoms with Gasteiger partial charge in [0, 0.05) is 19.0 Å². The first-order valence-electron chi connectivity index (χ1n) is 9.05. The van der Waals surface area contributed by atoms with Crippen molar-refractivity contribution in [1.29, 1.82) is 0 Å². The minimum atomic E-state index is 0.403. The van der Waals surface area contributed by atoms with Gasteiger partial charge in [0.05, 0.1) is 0 Å². The fraction of sp³-hybridized carbons (Fsp3) is 0.944. The lowest BCUT2D eigenvalue weighted by Gasteiger charge is -2.33. The largest absolute Gasteiger partial charge is 0.340 e. The van der Waals surface area contributed by atoms with Crippen LogP contribution in [0.1, 0.15) is 97.3 Å². The topological polar surface area (TPSA) is 20.3 Å². The van der Waals surface area contributed by atoms with E-state index in [1.807, 2.05) is 0 Å². The zero-order valence-electron chi connectivity index (χ0n) is 13.8. The van der Waals surface area contributed by atoms with Gasteiger partial charge in [-0.2, -0.15) is 0 Å². The van der Waals surface area contributed by atoms with E-state index >= 15 is 0 Å². The van der Waals surface area contributed by atoms with E-state index in [1.165, 1.54) is 70.6 Å². The Kier molecular flexibility index (Phi) is 9.78. The minimum Gasteiger partial charge on any atom is -0.340 e. The van der Waals surface area contributed by atoms with Crippen LogP contribution in [0, 0.1) is 0 Å². The van der Waals surface area contributed by atoms with Crippen LogP contribution in [-0.4, -0.2) is 23.4 Å². The molecular formula is C18H35NO. The van der Waals surface area contributed by atoms with Crippen LogP contribution in [0.5, 0.6) is 0 Å². The van der Waals surface area contributed by atoms with E-state index in [4.69, 9.17) is 0 Å². The summed E-state index contributed by atoms with van der Waals surface area (Å²) in [6, 6.07) is 0.481. The van der Waals surface area contributed by atoms with Crippen molar-refractivity contribution in [1.82, 2.24) is 4.90 Å². The third-order valence-electron chi connectivity index (χ3n) is 4.62. The molecule has 20 heavy (non-hydrogen) atoms. The molecule has 0 aromatic heterocycles. The molecular weight excluding hydrogens is 246 g/mol. The van der Waals surface area contributed by atoms with E-state index in [2.05, 4.69) is 18.7 Å². The average molecular weight is 281 g/mol. The smallest absolute Gasteiger partial charge is 0.222 e. The van der Waals surface area contributed by atoms with Crippen molar-refractivity contribution in [2.75, 3.05) is 6.54 Å². The maximum absolute atomic E-state index is 12.1. The first kappa shape index (κ1) is 17.5. The number of nitrogens with zero attached hydrogens (tertiary/aromatic N) is 1. The molecule has 1 unspecified atom stereocenters. The lowest BCUT2D eigenvalue weighted by molar-refractivity contribution is -0.134. The Hall–Kier alpha value is -0.530. The number of hydrogen-bond acceptors (Lipinski definition) is 1. The Morgan fingerprint density at radius 2 is 1.55 bits per heavy atom.